The molecule has 0 spiro atoms. The van der Waals surface area contributed by atoms with Gasteiger partial charge < -0.3 is 10.4 Å². The SMILES string of the molecule is O=C(O)/C=C/c1cccc(NC(=O)c2ccc(=O)[nH]n2)n1. The zero-order valence-electron chi connectivity index (χ0n) is 10.6. The Hall–Kier alpha value is -3.29. The van der Waals surface area contributed by atoms with Gasteiger partial charge in [-0.15, -0.1) is 0 Å². The predicted molar refractivity (Wildman–Crippen MR) is 73.7 cm³/mol. The van der Waals surface area contributed by atoms with E-state index < -0.39 is 17.4 Å². The quantitative estimate of drug-likeness (QED) is 0.703. The van der Waals surface area contributed by atoms with Crippen molar-refractivity contribution in [3.05, 3.63) is 58.1 Å². The summed E-state index contributed by atoms with van der Waals surface area (Å²) in [6, 6.07) is 7.21. The fraction of sp³-hybridized carbons (Fsp3) is 0. The molecule has 8 nitrogen and oxygen atoms in total. The molecule has 2 aromatic rings. The van der Waals surface area contributed by atoms with Crippen molar-refractivity contribution in [3.8, 4) is 0 Å². The Bertz CT molecular complexity index is 746. The van der Waals surface area contributed by atoms with Crippen LogP contribution in [-0.4, -0.2) is 32.2 Å². The lowest BCUT2D eigenvalue weighted by atomic mass is 10.3. The molecule has 3 N–H and O–H groups in total. The molecule has 0 aliphatic carbocycles. The number of carboxylic acid groups (broad SMARTS) is 1. The van der Waals surface area contributed by atoms with Gasteiger partial charge in [0.15, 0.2) is 0 Å². The van der Waals surface area contributed by atoms with Gasteiger partial charge in [-0.1, -0.05) is 6.07 Å². The van der Waals surface area contributed by atoms with E-state index in [1.165, 1.54) is 18.2 Å². The zero-order valence-corrected chi connectivity index (χ0v) is 10.6. The van der Waals surface area contributed by atoms with Gasteiger partial charge in [0, 0.05) is 12.1 Å². The van der Waals surface area contributed by atoms with Gasteiger partial charge in [0.25, 0.3) is 11.5 Å². The molecule has 0 unspecified atom stereocenters. The van der Waals surface area contributed by atoms with Crippen molar-refractivity contribution in [1.29, 1.82) is 0 Å². The number of carboxylic acids is 1. The summed E-state index contributed by atoms with van der Waals surface area (Å²) in [4.78, 5) is 37.2. The Morgan fingerprint density at radius 1 is 1.24 bits per heavy atom. The van der Waals surface area contributed by atoms with Crippen LogP contribution in [0.25, 0.3) is 6.08 Å². The molecule has 106 valence electrons. The van der Waals surface area contributed by atoms with E-state index in [9.17, 15) is 14.4 Å². The van der Waals surface area contributed by atoms with Crippen LogP contribution in [0.3, 0.4) is 0 Å². The largest absolute Gasteiger partial charge is 0.478 e. The molecule has 8 heteroatoms. The highest BCUT2D eigenvalue weighted by Crippen LogP contribution is 2.07. The van der Waals surface area contributed by atoms with Crippen LogP contribution >= 0.6 is 0 Å². The minimum atomic E-state index is -1.09. The molecule has 2 rings (SSSR count). The standard InChI is InChI=1S/C13H10N4O4/c18-11-6-5-9(16-17-11)13(21)15-10-3-1-2-8(14-10)4-7-12(19)20/h1-7H,(H,17,18)(H,19,20)(H,14,15,21)/b7-4+. The molecular formula is C13H10N4O4. The Labute approximate surface area is 118 Å². The highest BCUT2D eigenvalue weighted by molar-refractivity contribution is 6.02. The highest BCUT2D eigenvalue weighted by Gasteiger charge is 2.08. The smallest absolute Gasteiger partial charge is 0.328 e. The van der Waals surface area contributed by atoms with Crippen LogP contribution in [0.1, 0.15) is 16.2 Å². The molecule has 21 heavy (non-hydrogen) atoms. The third-order valence-corrected chi connectivity index (χ3v) is 2.32. The Balaban J connectivity index is 2.14. The topological polar surface area (TPSA) is 125 Å². The second kappa shape index (κ2) is 6.24. The molecule has 0 bridgehead atoms. The van der Waals surface area contributed by atoms with Crippen molar-refractivity contribution >= 4 is 23.8 Å². The maximum atomic E-state index is 11.9. The van der Waals surface area contributed by atoms with Crippen molar-refractivity contribution in [3.63, 3.8) is 0 Å². The minimum Gasteiger partial charge on any atom is -0.478 e. The number of H-pyrrole nitrogens is 1. The molecule has 0 fully saturated rings. The van der Waals surface area contributed by atoms with Gasteiger partial charge in [0.1, 0.15) is 11.5 Å². The fourth-order valence-electron chi connectivity index (χ4n) is 1.42. The van der Waals surface area contributed by atoms with Crippen molar-refractivity contribution < 1.29 is 14.7 Å². The number of anilines is 1. The first-order chi connectivity index (χ1) is 10.0. The molecule has 0 saturated heterocycles. The van der Waals surface area contributed by atoms with Crippen LogP contribution in [0, 0.1) is 0 Å². The molecule has 0 atom stereocenters. The number of rotatable bonds is 4. The van der Waals surface area contributed by atoms with Crippen LogP contribution in [0.4, 0.5) is 5.82 Å². The van der Waals surface area contributed by atoms with E-state index in [0.29, 0.717) is 5.69 Å². The van der Waals surface area contributed by atoms with E-state index >= 15 is 0 Å². The van der Waals surface area contributed by atoms with Crippen molar-refractivity contribution in [1.82, 2.24) is 15.2 Å². The van der Waals surface area contributed by atoms with E-state index in [1.54, 1.807) is 18.2 Å². The third kappa shape index (κ3) is 4.10. The summed E-state index contributed by atoms with van der Waals surface area (Å²) in [6.45, 7) is 0. The average molecular weight is 286 g/mol. The van der Waals surface area contributed by atoms with Crippen molar-refractivity contribution in [2.45, 2.75) is 0 Å². The van der Waals surface area contributed by atoms with Crippen molar-refractivity contribution in [2.24, 2.45) is 0 Å². The number of carbonyl (C=O) groups is 2. The van der Waals surface area contributed by atoms with Gasteiger partial charge in [-0.3, -0.25) is 9.59 Å². The van der Waals surface area contributed by atoms with Gasteiger partial charge in [-0.25, -0.2) is 14.9 Å². The molecule has 0 aromatic carbocycles. The lowest BCUT2D eigenvalue weighted by molar-refractivity contribution is -0.131. The molecule has 2 heterocycles. The van der Waals surface area contributed by atoms with Crippen LogP contribution in [0.2, 0.25) is 0 Å². The zero-order chi connectivity index (χ0) is 15.2. The Kier molecular flexibility index (Phi) is 4.20. The Morgan fingerprint density at radius 3 is 2.71 bits per heavy atom. The summed E-state index contributed by atoms with van der Waals surface area (Å²) in [7, 11) is 0. The molecule has 0 aliphatic rings. The lowest BCUT2D eigenvalue weighted by Crippen LogP contribution is -2.18. The molecule has 0 aliphatic heterocycles. The molecule has 1 amide bonds. The second-order valence-electron chi connectivity index (χ2n) is 3.88. The summed E-state index contributed by atoms with van der Waals surface area (Å²) in [5.74, 6) is -1.40. The number of carbonyl (C=O) groups excluding carboxylic acids is 1. The third-order valence-electron chi connectivity index (χ3n) is 2.32. The fourth-order valence-corrected chi connectivity index (χ4v) is 1.42. The van der Waals surface area contributed by atoms with Gasteiger partial charge in [-0.2, -0.15) is 5.10 Å². The average Bonchev–Trinajstić information content (AvgIpc) is 2.46. The number of nitrogens with one attached hydrogen (secondary N) is 2. The number of nitrogens with zero attached hydrogens (tertiary/aromatic N) is 2. The van der Waals surface area contributed by atoms with Crippen molar-refractivity contribution in [2.75, 3.05) is 5.32 Å². The van der Waals surface area contributed by atoms with E-state index in [-0.39, 0.29) is 11.5 Å². The monoisotopic (exact) mass is 286 g/mol. The molecule has 0 radical (unpaired) electrons. The number of pyridine rings is 1. The molecular weight excluding hydrogens is 276 g/mol. The highest BCUT2D eigenvalue weighted by atomic mass is 16.4. The first kappa shape index (κ1) is 14.1. The summed E-state index contributed by atoms with van der Waals surface area (Å²) in [5, 5.41) is 16.8. The number of hydrogen-bond donors (Lipinski definition) is 3. The van der Waals surface area contributed by atoms with Gasteiger partial charge >= 0.3 is 5.97 Å². The number of aliphatic carboxylic acids is 1. The molecule has 2 aromatic heterocycles. The van der Waals surface area contributed by atoms with E-state index in [0.717, 1.165) is 6.08 Å². The predicted octanol–water partition coefficient (Wildman–Crippen LogP) is 0.515. The lowest BCUT2D eigenvalue weighted by Gasteiger charge is -2.04. The number of amides is 1. The maximum absolute atomic E-state index is 11.9. The number of aromatic nitrogens is 3. The Morgan fingerprint density at radius 2 is 2.05 bits per heavy atom. The van der Waals surface area contributed by atoms with E-state index in [4.69, 9.17) is 5.11 Å². The first-order valence-electron chi connectivity index (χ1n) is 5.80. The molecule has 0 saturated carbocycles. The van der Waals surface area contributed by atoms with Gasteiger partial charge in [0.05, 0.1) is 5.69 Å². The summed E-state index contributed by atoms with van der Waals surface area (Å²) in [6.07, 6.45) is 2.24. The van der Waals surface area contributed by atoms with Crippen LogP contribution in [0.5, 0.6) is 0 Å². The minimum absolute atomic E-state index is 0.0304. The van der Waals surface area contributed by atoms with Crippen LogP contribution in [0.15, 0.2) is 41.2 Å². The summed E-state index contributed by atoms with van der Waals surface area (Å²) < 4.78 is 0. The normalized spacial score (nSPS) is 10.5. The van der Waals surface area contributed by atoms with Crippen LogP contribution < -0.4 is 10.9 Å². The van der Waals surface area contributed by atoms with Crippen LogP contribution in [-0.2, 0) is 4.79 Å². The number of hydrogen-bond acceptors (Lipinski definition) is 5. The number of aromatic amines is 1. The van der Waals surface area contributed by atoms with Gasteiger partial charge in [0.2, 0.25) is 0 Å². The summed E-state index contributed by atoms with van der Waals surface area (Å²) in [5.41, 5.74) is -0.00186. The summed E-state index contributed by atoms with van der Waals surface area (Å²) >= 11 is 0. The van der Waals surface area contributed by atoms with E-state index in [1.807, 2.05) is 0 Å². The second-order valence-corrected chi connectivity index (χ2v) is 3.88. The maximum Gasteiger partial charge on any atom is 0.328 e. The van der Waals surface area contributed by atoms with Gasteiger partial charge in [-0.05, 0) is 24.3 Å². The first-order valence-corrected chi connectivity index (χ1v) is 5.80. The van der Waals surface area contributed by atoms with E-state index in [2.05, 4.69) is 20.5 Å².